The van der Waals surface area contributed by atoms with Crippen LogP contribution in [0.4, 0.5) is 4.79 Å². The molecule has 110 valence electrons. The average molecular weight is 296 g/mol. The van der Waals surface area contributed by atoms with E-state index in [1.165, 1.54) is 4.88 Å². The first-order chi connectivity index (χ1) is 9.40. The maximum atomic E-state index is 12.1. The topological polar surface area (TPSA) is 69.6 Å². The van der Waals surface area contributed by atoms with Gasteiger partial charge in [-0.3, -0.25) is 4.79 Å². The lowest BCUT2D eigenvalue weighted by molar-refractivity contribution is -0.146. The summed E-state index contributed by atoms with van der Waals surface area (Å²) in [5, 5.41) is 14.1. The Bertz CT molecular complexity index is 489. The van der Waals surface area contributed by atoms with Crippen molar-refractivity contribution in [1.82, 2.24) is 10.2 Å². The van der Waals surface area contributed by atoms with E-state index in [4.69, 9.17) is 5.11 Å². The van der Waals surface area contributed by atoms with Crippen LogP contribution in [0.25, 0.3) is 0 Å². The van der Waals surface area contributed by atoms with Gasteiger partial charge < -0.3 is 15.3 Å². The fourth-order valence-electron chi connectivity index (χ4n) is 2.39. The van der Waals surface area contributed by atoms with Crippen LogP contribution in [0.2, 0.25) is 0 Å². The van der Waals surface area contributed by atoms with Crippen LogP contribution in [0.1, 0.15) is 25.1 Å². The summed E-state index contributed by atoms with van der Waals surface area (Å²) in [6.07, 6.45) is 1.31. The first-order valence-electron chi connectivity index (χ1n) is 6.72. The minimum Gasteiger partial charge on any atom is -0.481 e. The minimum absolute atomic E-state index is 0.0397. The highest BCUT2D eigenvalue weighted by Gasteiger charge is 2.42. The zero-order valence-electron chi connectivity index (χ0n) is 11.8. The van der Waals surface area contributed by atoms with E-state index in [1.807, 2.05) is 24.4 Å². The van der Waals surface area contributed by atoms with Crippen molar-refractivity contribution in [3.8, 4) is 0 Å². The molecule has 0 spiro atoms. The lowest BCUT2D eigenvalue weighted by Crippen LogP contribution is -2.44. The van der Waals surface area contributed by atoms with Gasteiger partial charge in [0, 0.05) is 30.4 Å². The second-order valence-corrected chi connectivity index (χ2v) is 6.70. The Hall–Kier alpha value is -1.56. The third-order valence-corrected chi connectivity index (χ3v) is 4.63. The summed E-state index contributed by atoms with van der Waals surface area (Å²) >= 11 is 1.67. The first kappa shape index (κ1) is 14.8. The number of amides is 2. The van der Waals surface area contributed by atoms with E-state index in [1.54, 1.807) is 23.2 Å². The van der Waals surface area contributed by atoms with Crippen molar-refractivity contribution < 1.29 is 14.7 Å². The lowest BCUT2D eigenvalue weighted by atomic mass is 9.90. The Labute approximate surface area is 122 Å². The molecule has 2 amide bonds. The van der Waals surface area contributed by atoms with Gasteiger partial charge in [-0.25, -0.2) is 4.79 Å². The maximum absolute atomic E-state index is 12.1. The van der Waals surface area contributed by atoms with E-state index in [9.17, 15) is 9.59 Å². The SMILES string of the molecule is CC(Cc1cccs1)NC(=O)N1CCC(C)(C(=O)O)C1. The van der Waals surface area contributed by atoms with E-state index in [2.05, 4.69) is 5.32 Å². The highest BCUT2D eigenvalue weighted by atomic mass is 32.1. The molecule has 2 rings (SSSR count). The molecule has 1 aliphatic heterocycles. The molecule has 0 aliphatic carbocycles. The zero-order chi connectivity index (χ0) is 14.8. The van der Waals surface area contributed by atoms with Gasteiger partial charge in [0.2, 0.25) is 0 Å². The molecular weight excluding hydrogens is 276 g/mol. The van der Waals surface area contributed by atoms with Crippen LogP contribution in [0.3, 0.4) is 0 Å². The second kappa shape index (κ2) is 5.83. The fraction of sp³-hybridized carbons (Fsp3) is 0.571. The number of carbonyl (C=O) groups is 2. The second-order valence-electron chi connectivity index (χ2n) is 5.67. The largest absolute Gasteiger partial charge is 0.481 e. The molecule has 20 heavy (non-hydrogen) atoms. The Morgan fingerprint density at radius 2 is 2.35 bits per heavy atom. The normalized spacial score (nSPS) is 23.6. The van der Waals surface area contributed by atoms with E-state index in [0.717, 1.165) is 6.42 Å². The minimum atomic E-state index is -0.834. The number of carboxylic acids is 1. The third-order valence-electron chi connectivity index (χ3n) is 3.73. The highest BCUT2D eigenvalue weighted by molar-refractivity contribution is 7.09. The molecule has 2 unspecified atom stereocenters. The number of carbonyl (C=O) groups excluding carboxylic acids is 1. The molecule has 6 heteroatoms. The molecule has 0 aromatic carbocycles. The van der Waals surface area contributed by atoms with Crippen molar-refractivity contribution in [2.24, 2.45) is 5.41 Å². The maximum Gasteiger partial charge on any atom is 0.317 e. The number of rotatable bonds is 4. The molecule has 1 saturated heterocycles. The number of nitrogens with one attached hydrogen (secondary N) is 1. The van der Waals surface area contributed by atoms with Crippen LogP contribution in [0.15, 0.2) is 17.5 Å². The first-order valence-corrected chi connectivity index (χ1v) is 7.60. The molecule has 0 bridgehead atoms. The molecule has 2 N–H and O–H groups in total. The van der Waals surface area contributed by atoms with E-state index < -0.39 is 11.4 Å². The molecule has 2 atom stereocenters. The average Bonchev–Trinajstić information content (AvgIpc) is 2.99. The Morgan fingerprint density at radius 1 is 1.60 bits per heavy atom. The van der Waals surface area contributed by atoms with E-state index in [0.29, 0.717) is 13.0 Å². The van der Waals surface area contributed by atoms with Gasteiger partial charge in [0.1, 0.15) is 0 Å². The van der Waals surface area contributed by atoms with Crippen LogP contribution in [0.5, 0.6) is 0 Å². The van der Waals surface area contributed by atoms with Gasteiger partial charge in [0.25, 0.3) is 0 Å². The van der Waals surface area contributed by atoms with Crippen molar-refractivity contribution in [1.29, 1.82) is 0 Å². The van der Waals surface area contributed by atoms with Crippen molar-refractivity contribution in [2.75, 3.05) is 13.1 Å². The molecule has 5 nitrogen and oxygen atoms in total. The van der Waals surface area contributed by atoms with Crippen LogP contribution in [-0.4, -0.2) is 41.1 Å². The fourth-order valence-corrected chi connectivity index (χ4v) is 3.23. The zero-order valence-corrected chi connectivity index (χ0v) is 12.6. The monoisotopic (exact) mass is 296 g/mol. The van der Waals surface area contributed by atoms with Crippen LogP contribution in [0, 0.1) is 5.41 Å². The van der Waals surface area contributed by atoms with Gasteiger partial charge in [0.05, 0.1) is 5.41 Å². The molecule has 1 aromatic rings. The quantitative estimate of drug-likeness (QED) is 0.894. The predicted molar refractivity (Wildman–Crippen MR) is 77.9 cm³/mol. The van der Waals surface area contributed by atoms with Crippen molar-refractivity contribution in [3.63, 3.8) is 0 Å². The van der Waals surface area contributed by atoms with Gasteiger partial charge in [-0.05, 0) is 31.7 Å². The molecule has 1 aromatic heterocycles. The Morgan fingerprint density at radius 3 is 2.90 bits per heavy atom. The smallest absolute Gasteiger partial charge is 0.317 e. The van der Waals surface area contributed by atoms with Crippen LogP contribution < -0.4 is 5.32 Å². The molecule has 0 radical (unpaired) electrons. The summed E-state index contributed by atoms with van der Waals surface area (Å²) in [7, 11) is 0. The van der Waals surface area contributed by atoms with Gasteiger partial charge in [-0.2, -0.15) is 0 Å². The van der Waals surface area contributed by atoms with Crippen LogP contribution in [-0.2, 0) is 11.2 Å². The van der Waals surface area contributed by atoms with Gasteiger partial charge in [-0.1, -0.05) is 6.07 Å². The molecule has 2 heterocycles. The summed E-state index contributed by atoms with van der Waals surface area (Å²) in [5.74, 6) is -0.834. The summed E-state index contributed by atoms with van der Waals surface area (Å²) < 4.78 is 0. The van der Waals surface area contributed by atoms with Gasteiger partial charge in [0.15, 0.2) is 0 Å². The van der Waals surface area contributed by atoms with Gasteiger partial charge in [-0.15, -0.1) is 11.3 Å². The summed E-state index contributed by atoms with van der Waals surface area (Å²) in [5.41, 5.74) is -0.811. The standard InChI is InChI=1S/C14H20N2O3S/c1-10(8-11-4-3-7-20-11)15-13(19)16-6-5-14(2,9-16)12(17)18/h3-4,7,10H,5-6,8-9H2,1-2H3,(H,15,19)(H,17,18). The number of nitrogens with zero attached hydrogens (tertiary/aromatic N) is 1. The Kier molecular flexibility index (Phi) is 4.32. The number of hydrogen-bond donors (Lipinski definition) is 2. The highest BCUT2D eigenvalue weighted by Crippen LogP contribution is 2.30. The molecule has 0 saturated carbocycles. The van der Waals surface area contributed by atoms with E-state index >= 15 is 0 Å². The number of hydrogen-bond acceptors (Lipinski definition) is 3. The number of urea groups is 1. The lowest BCUT2D eigenvalue weighted by Gasteiger charge is -2.22. The number of carboxylic acid groups (broad SMARTS) is 1. The van der Waals surface area contributed by atoms with Gasteiger partial charge >= 0.3 is 12.0 Å². The number of thiophene rings is 1. The number of likely N-dealkylation sites (tertiary alicyclic amines) is 1. The summed E-state index contributed by atoms with van der Waals surface area (Å²) in [4.78, 5) is 26.1. The molecule has 1 aliphatic rings. The third kappa shape index (κ3) is 3.30. The molecular formula is C14H20N2O3S. The van der Waals surface area contributed by atoms with Crippen molar-refractivity contribution >= 4 is 23.3 Å². The molecule has 1 fully saturated rings. The number of aliphatic carboxylic acids is 1. The summed E-state index contributed by atoms with van der Waals surface area (Å²) in [6.45, 7) is 4.43. The Balaban J connectivity index is 1.85. The van der Waals surface area contributed by atoms with Crippen LogP contribution >= 0.6 is 11.3 Å². The van der Waals surface area contributed by atoms with Crippen molar-refractivity contribution in [3.05, 3.63) is 22.4 Å². The van der Waals surface area contributed by atoms with Crippen molar-refractivity contribution in [2.45, 2.75) is 32.7 Å². The summed E-state index contributed by atoms with van der Waals surface area (Å²) in [6, 6.07) is 3.91. The van der Waals surface area contributed by atoms with E-state index in [-0.39, 0.29) is 18.6 Å². The predicted octanol–water partition coefficient (Wildman–Crippen LogP) is 2.19.